The Bertz CT molecular complexity index is 902. The molecule has 3 aromatic rings. The second-order valence-corrected chi connectivity index (χ2v) is 5.46. The molecule has 25 heavy (non-hydrogen) atoms. The Hall–Kier alpha value is -3.48. The van der Waals surface area contributed by atoms with Gasteiger partial charge in [-0.1, -0.05) is 18.2 Å². The number of carbonyl (C=O) groups excluding carboxylic acids is 1. The minimum absolute atomic E-state index is 0.0514. The minimum Gasteiger partial charge on any atom is -0.481 e. The van der Waals surface area contributed by atoms with Crippen molar-refractivity contribution in [1.82, 2.24) is 14.8 Å². The van der Waals surface area contributed by atoms with Crippen molar-refractivity contribution in [1.29, 1.82) is 0 Å². The number of amides is 1. The number of anilines is 1. The molecule has 2 aromatic heterocycles. The summed E-state index contributed by atoms with van der Waals surface area (Å²) in [6.45, 7) is 1.80. The molecule has 2 N–H and O–H groups in total. The fourth-order valence-corrected chi connectivity index (χ4v) is 2.42. The SMILES string of the molecule is Cc1c(C(=O)Nc2ccc(CC(=O)O)cc2)cnn1-c1ccccn1. The molecule has 0 aliphatic heterocycles. The van der Waals surface area contributed by atoms with Crippen LogP contribution in [-0.2, 0) is 11.2 Å². The highest BCUT2D eigenvalue weighted by atomic mass is 16.4. The van der Waals surface area contributed by atoms with E-state index >= 15 is 0 Å². The minimum atomic E-state index is -0.894. The van der Waals surface area contributed by atoms with E-state index in [1.165, 1.54) is 6.20 Å². The highest BCUT2D eigenvalue weighted by Gasteiger charge is 2.15. The van der Waals surface area contributed by atoms with E-state index in [-0.39, 0.29) is 12.3 Å². The summed E-state index contributed by atoms with van der Waals surface area (Å²) in [6, 6.07) is 12.2. The van der Waals surface area contributed by atoms with Gasteiger partial charge in [0.2, 0.25) is 0 Å². The summed E-state index contributed by atoms with van der Waals surface area (Å²) >= 11 is 0. The molecule has 2 heterocycles. The second kappa shape index (κ2) is 6.96. The Morgan fingerprint density at radius 1 is 1.16 bits per heavy atom. The third kappa shape index (κ3) is 3.72. The van der Waals surface area contributed by atoms with Crippen molar-refractivity contribution in [3.05, 3.63) is 71.7 Å². The van der Waals surface area contributed by atoms with Crippen LogP contribution in [0.2, 0.25) is 0 Å². The first-order valence-electron chi connectivity index (χ1n) is 7.62. The second-order valence-electron chi connectivity index (χ2n) is 5.46. The van der Waals surface area contributed by atoms with Crippen molar-refractivity contribution in [2.75, 3.05) is 5.32 Å². The fourth-order valence-electron chi connectivity index (χ4n) is 2.42. The Morgan fingerprint density at radius 2 is 1.92 bits per heavy atom. The van der Waals surface area contributed by atoms with Crippen LogP contribution in [0, 0.1) is 6.92 Å². The average Bonchev–Trinajstić information content (AvgIpc) is 2.98. The van der Waals surface area contributed by atoms with Crippen molar-refractivity contribution in [3.8, 4) is 5.82 Å². The Labute approximate surface area is 143 Å². The molecule has 0 saturated heterocycles. The number of carboxylic acid groups (broad SMARTS) is 1. The molecule has 0 spiro atoms. The first-order chi connectivity index (χ1) is 12.0. The number of aliphatic carboxylic acids is 1. The van der Waals surface area contributed by atoms with Gasteiger partial charge in [-0.05, 0) is 36.8 Å². The molecule has 0 aliphatic carbocycles. The van der Waals surface area contributed by atoms with Gasteiger partial charge in [0.1, 0.15) is 0 Å². The molecule has 0 atom stereocenters. The molecule has 0 unspecified atom stereocenters. The number of hydrogen-bond donors (Lipinski definition) is 2. The first-order valence-corrected chi connectivity index (χ1v) is 7.62. The lowest BCUT2D eigenvalue weighted by Gasteiger charge is -2.07. The number of aromatic nitrogens is 3. The van der Waals surface area contributed by atoms with E-state index in [9.17, 15) is 9.59 Å². The molecule has 7 nitrogen and oxygen atoms in total. The van der Waals surface area contributed by atoms with Crippen molar-refractivity contribution < 1.29 is 14.7 Å². The van der Waals surface area contributed by atoms with Gasteiger partial charge >= 0.3 is 5.97 Å². The van der Waals surface area contributed by atoms with E-state index < -0.39 is 5.97 Å². The number of hydrogen-bond acceptors (Lipinski definition) is 4. The van der Waals surface area contributed by atoms with Crippen LogP contribution in [0.4, 0.5) is 5.69 Å². The van der Waals surface area contributed by atoms with Gasteiger partial charge in [0, 0.05) is 11.9 Å². The maximum Gasteiger partial charge on any atom is 0.307 e. The Kier molecular flexibility index (Phi) is 4.56. The zero-order valence-corrected chi connectivity index (χ0v) is 13.5. The molecule has 1 amide bonds. The predicted molar refractivity (Wildman–Crippen MR) is 91.8 cm³/mol. The number of rotatable bonds is 5. The molecule has 0 aliphatic rings. The van der Waals surface area contributed by atoms with Crippen LogP contribution in [0.3, 0.4) is 0 Å². The van der Waals surface area contributed by atoms with E-state index in [1.807, 2.05) is 18.2 Å². The highest BCUT2D eigenvalue weighted by molar-refractivity contribution is 6.05. The van der Waals surface area contributed by atoms with Crippen LogP contribution in [0.15, 0.2) is 54.9 Å². The number of nitrogens with zero attached hydrogens (tertiary/aromatic N) is 3. The van der Waals surface area contributed by atoms with Gasteiger partial charge in [0.25, 0.3) is 5.91 Å². The van der Waals surface area contributed by atoms with Gasteiger partial charge in [-0.25, -0.2) is 9.67 Å². The van der Waals surface area contributed by atoms with E-state index in [4.69, 9.17) is 5.11 Å². The lowest BCUT2D eigenvalue weighted by molar-refractivity contribution is -0.136. The van der Waals surface area contributed by atoms with Gasteiger partial charge in [-0.15, -0.1) is 0 Å². The molecule has 3 rings (SSSR count). The summed E-state index contributed by atoms with van der Waals surface area (Å²) in [6.07, 6.45) is 3.11. The molecular formula is C18H16N4O3. The molecule has 0 bridgehead atoms. The normalized spacial score (nSPS) is 10.4. The quantitative estimate of drug-likeness (QED) is 0.746. The van der Waals surface area contributed by atoms with Crippen molar-refractivity contribution in [3.63, 3.8) is 0 Å². The molecule has 0 fully saturated rings. The molecule has 0 radical (unpaired) electrons. The van der Waals surface area contributed by atoms with Gasteiger partial charge in [0.05, 0.1) is 23.9 Å². The zero-order chi connectivity index (χ0) is 17.8. The summed E-state index contributed by atoms with van der Waals surface area (Å²) in [7, 11) is 0. The zero-order valence-electron chi connectivity index (χ0n) is 13.5. The van der Waals surface area contributed by atoms with Crippen molar-refractivity contribution in [2.45, 2.75) is 13.3 Å². The summed E-state index contributed by atoms with van der Waals surface area (Å²) in [4.78, 5) is 27.4. The summed E-state index contributed by atoms with van der Waals surface area (Å²) in [5.41, 5.74) is 2.38. The number of carbonyl (C=O) groups is 2. The highest BCUT2D eigenvalue weighted by Crippen LogP contribution is 2.16. The van der Waals surface area contributed by atoms with E-state index in [0.717, 1.165) is 0 Å². The lowest BCUT2D eigenvalue weighted by atomic mass is 10.1. The summed E-state index contributed by atoms with van der Waals surface area (Å²) < 4.78 is 1.60. The number of pyridine rings is 1. The average molecular weight is 336 g/mol. The molecule has 0 saturated carbocycles. The number of nitrogens with one attached hydrogen (secondary N) is 1. The smallest absolute Gasteiger partial charge is 0.307 e. The van der Waals surface area contributed by atoms with E-state index in [0.29, 0.717) is 28.3 Å². The van der Waals surface area contributed by atoms with Gasteiger partial charge in [-0.2, -0.15) is 5.10 Å². The molecular weight excluding hydrogens is 320 g/mol. The van der Waals surface area contributed by atoms with E-state index in [1.54, 1.807) is 42.1 Å². The largest absolute Gasteiger partial charge is 0.481 e. The van der Waals surface area contributed by atoms with Crippen LogP contribution in [0.25, 0.3) is 5.82 Å². The van der Waals surface area contributed by atoms with Gasteiger partial charge in [-0.3, -0.25) is 9.59 Å². The Balaban J connectivity index is 1.76. The van der Waals surface area contributed by atoms with Crippen LogP contribution in [0.1, 0.15) is 21.6 Å². The third-order valence-electron chi connectivity index (χ3n) is 3.69. The van der Waals surface area contributed by atoms with Crippen molar-refractivity contribution >= 4 is 17.6 Å². The molecule has 1 aromatic carbocycles. The number of carboxylic acids is 1. The maximum absolute atomic E-state index is 12.5. The predicted octanol–water partition coefficient (Wildman–Crippen LogP) is 2.46. The van der Waals surface area contributed by atoms with Crippen LogP contribution >= 0.6 is 0 Å². The monoisotopic (exact) mass is 336 g/mol. The number of benzene rings is 1. The lowest BCUT2D eigenvalue weighted by Crippen LogP contribution is -2.13. The standard InChI is InChI=1S/C18H16N4O3/c1-12-15(11-20-22(12)16-4-2-3-9-19-16)18(25)21-14-7-5-13(6-8-14)10-17(23)24/h2-9,11H,10H2,1H3,(H,21,25)(H,23,24). The summed E-state index contributed by atoms with van der Waals surface area (Å²) in [5, 5.41) is 15.8. The van der Waals surface area contributed by atoms with Gasteiger partial charge in [0.15, 0.2) is 5.82 Å². The maximum atomic E-state index is 12.5. The van der Waals surface area contributed by atoms with Crippen LogP contribution < -0.4 is 5.32 Å². The van der Waals surface area contributed by atoms with Crippen LogP contribution in [0.5, 0.6) is 0 Å². The third-order valence-corrected chi connectivity index (χ3v) is 3.69. The topological polar surface area (TPSA) is 97.1 Å². The summed E-state index contributed by atoms with van der Waals surface area (Å²) in [5.74, 6) is -0.544. The fraction of sp³-hybridized carbons (Fsp3) is 0.111. The van der Waals surface area contributed by atoms with Crippen LogP contribution in [-0.4, -0.2) is 31.7 Å². The van der Waals surface area contributed by atoms with E-state index in [2.05, 4.69) is 15.4 Å². The van der Waals surface area contributed by atoms with Gasteiger partial charge < -0.3 is 10.4 Å². The van der Waals surface area contributed by atoms with Crippen molar-refractivity contribution in [2.24, 2.45) is 0 Å². The first kappa shape index (κ1) is 16.4. The Morgan fingerprint density at radius 3 is 2.56 bits per heavy atom. The molecule has 7 heteroatoms. The molecule has 126 valence electrons.